The van der Waals surface area contributed by atoms with Crippen LogP contribution in [-0.4, -0.2) is 37.8 Å². The number of para-hydroxylation sites is 1. The highest BCUT2D eigenvalue weighted by atomic mass is 32.2. The third-order valence-electron chi connectivity index (χ3n) is 5.21. The van der Waals surface area contributed by atoms with Crippen LogP contribution in [0.1, 0.15) is 42.3 Å². The molecule has 0 saturated carbocycles. The van der Waals surface area contributed by atoms with Crippen LogP contribution in [0.3, 0.4) is 0 Å². The van der Waals surface area contributed by atoms with Crippen LogP contribution in [-0.2, 0) is 16.4 Å². The topological polar surface area (TPSA) is 57.7 Å². The zero-order chi connectivity index (χ0) is 19.8. The first-order chi connectivity index (χ1) is 12.8. The molecule has 0 aromatic heterocycles. The molecule has 1 aliphatic heterocycles. The molecule has 144 valence electrons. The van der Waals surface area contributed by atoms with Gasteiger partial charge in [-0.2, -0.15) is 4.31 Å². The Balaban J connectivity index is 2.04. The lowest BCUT2D eigenvalue weighted by atomic mass is 10.1. The summed E-state index contributed by atoms with van der Waals surface area (Å²) in [6.07, 6.45) is 0.804. The second-order valence-electron chi connectivity index (χ2n) is 6.92. The van der Waals surface area contributed by atoms with Crippen LogP contribution in [0.15, 0.2) is 47.4 Å². The van der Waals surface area contributed by atoms with Crippen LogP contribution in [0.2, 0.25) is 0 Å². The molecule has 1 atom stereocenters. The number of aryl methyl sites for hydroxylation is 1. The second kappa shape index (κ2) is 7.44. The van der Waals surface area contributed by atoms with Crippen molar-refractivity contribution in [2.24, 2.45) is 0 Å². The predicted octanol–water partition coefficient (Wildman–Crippen LogP) is 3.62. The average molecular weight is 387 g/mol. The number of benzene rings is 2. The highest BCUT2D eigenvalue weighted by molar-refractivity contribution is 7.89. The van der Waals surface area contributed by atoms with Crippen LogP contribution < -0.4 is 4.90 Å². The third kappa shape index (κ3) is 3.39. The van der Waals surface area contributed by atoms with Crippen molar-refractivity contribution in [3.63, 3.8) is 0 Å². The van der Waals surface area contributed by atoms with Gasteiger partial charge in [-0.05, 0) is 49.6 Å². The van der Waals surface area contributed by atoms with E-state index in [1.54, 1.807) is 17.0 Å². The van der Waals surface area contributed by atoms with E-state index < -0.39 is 10.0 Å². The fraction of sp³-hybridized carbons (Fsp3) is 0.381. The molecule has 1 amide bonds. The Labute approximate surface area is 161 Å². The van der Waals surface area contributed by atoms with Gasteiger partial charge in [0.1, 0.15) is 0 Å². The lowest BCUT2D eigenvalue weighted by Crippen LogP contribution is -2.36. The number of sulfonamides is 1. The van der Waals surface area contributed by atoms with Crippen LogP contribution in [0.4, 0.5) is 5.69 Å². The summed E-state index contributed by atoms with van der Waals surface area (Å²) in [6.45, 7) is 8.27. The number of anilines is 1. The summed E-state index contributed by atoms with van der Waals surface area (Å²) in [7, 11) is -3.61. The number of carbonyl (C=O) groups excluding carboxylic acids is 1. The summed E-state index contributed by atoms with van der Waals surface area (Å²) in [5, 5.41) is 0. The Morgan fingerprint density at radius 2 is 1.81 bits per heavy atom. The Morgan fingerprint density at radius 3 is 2.48 bits per heavy atom. The normalized spacial score (nSPS) is 16.6. The van der Waals surface area contributed by atoms with Crippen LogP contribution in [0.5, 0.6) is 0 Å². The molecule has 3 rings (SSSR count). The summed E-state index contributed by atoms with van der Waals surface area (Å²) in [5.41, 5.74) is 3.26. The van der Waals surface area contributed by atoms with Gasteiger partial charge in [-0.15, -0.1) is 0 Å². The van der Waals surface area contributed by atoms with Crippen molar-refractivity contribution in [2.75, 3.05) is 18.0 Å². The zero-order valence-electron chi connectivity index (χ0n) is 16.3. The zero-order valence-corrected chi connectivity index (χ0v) is 17.1. The van der Waals surface area contributed by atoms with Gasteiger partial charge in [-0.25, -0.2) is 8.42 Å². The SMILES string of the molecule is CCN(CC)S(=O)(=O)c1ccc(C)c(C(=O)N2c3ccccc3CC2C)c1. The van der Waals surface area contributed by atoms with Crippen molar-refractivity contribution in [1.29, 1.82) is 0 Å². The molecule has 1 unspecified atom stereocenters. The number of carbonyl (C=O) groups is 1. The van der Waals surface area contributed by atoms with E-state index in [2.05, 4.69) is 0 Å². The minimum atomic E-state index is -3.61. The molecular formula is C21H26N2O3S. The highest BCUT2D eigenvalue weighted by Gasteiger charge is 2.32. The molecule has 0 aliphatic carbocycles. The predicted molar refractivity (Wildman–Crippen MR) is 108 cm³/mol. The summed E-state index contributed by atoms with van der Waals surface area (Å²) in [6, 6.07) is 12.7. The fourth-order valence-corrected chi connectivity index (χ4v) is 5.19. The number of hydrogen-bond acceptors (Lipinski definition) is 3. The van der Waals surface area contributed by atoms with E-state index in [0.717, 1.165) is 23.2 Å². The minimum Gasteiger partial charge on any atom is -0.305 e. The Morgan fingerprint density at radius 1 is 1.15 bits per heavy atom. The number of hydrogen-bond donors (Lipinski definition) is 0. The first kappa shape index (κ1) is 19.6. The molecule has 0 bridgehead atoms. The number of rotatable bonds is 5. The van der Waals surface area contributed by atoms with E-state index in [1.807, 2.05) is 52.0 Å². The maximum absolute atomic E-state index is 13.3. The van der Waals surface area contributed by atoms with Gasteiger partial charge in [0.25, 0.3) is 5.91 Å². The van der Waals surface area contributed by atoms with Gasteiger partial charge in [0.05, 0.1) is 4.90 Å². The Bertz CT molecular complexity index is 965. The molecule has 1 aliphatic rings. The van der Waals surface area contributed by atoms with Gasteiger partial charge in [-0.3, -0.25) is 4.79 Å². The van der Waals surface area contributed by atoms with Gasteiger partial charge in [0.15, 0.2) is 0 Å². The number of fused-ring (bicyclic) bond motifs is 1. The minimum absolute atomic E-state index is 0.0392. The first-order valence-corrected chi connectivity index (χ1v) is 10.8. The van der Waals surface area contributed by atoms with Crippen molar-refractivity contribution in [1.82, 2.24) is 4.31 Å². The molecule has 0 radical (unpaired) electrons. The molecule has 2 aromatic rings. The molecule has 6 heteroatoms. The van der Waals surface area contributed by atoms with Crippen LogP contribution >= 0.6 is 0 Å². The average Bonchev–Trinajstić information content (AvgIpc) is 2.97. The van der Waals surface area contributed by atoms with E-state index in [1.165, 1.54) is 10.4 Å². The summed E-state index contributed by atoms with van der Waals surface area (Å²) >= 11 is 0. The highest BCUT2D eigenvalue weighted by Crippen LogP contribution is 2.34. The van der Waals surface area contributed by atoms with E-state index in [-0.39, 0.29) is 16.8 Å². The van der Waals surface area contributed by atoms with Gasteiger partial charge >= 0.3 is 0 Å². The van der Waals surface area contributed by atoms with E-state index in [4.69, 9.17) is 0 Å². The molecule has 2 aromatic carbocycles. The molecule has 0 spiro atoms. The second-order valence-corrected chi connectivity index (χ2v) is 8.86. The molecule has 0 N–H and O–H groups in total. The maximum Gasteiger partial charge on any atom is 0.258 e. The Hall–Kier alpha value is -2.18. The summed E-state index contributed by atoms with van der Waals surface area (Å²) in [5.74, 6) is -0.151. The largest absolute Gasteiger partial charge is 0.305 e. The molecule has 27 heavy (non-hydrogen) atoms. The van der Waals surface area contributed by atoms with E-state index in [9.17, 15) is 13.2 Å². The standard InChI is InChI=1S/C21H26N2O3S/c1-5-22(6-2)27(25,26)18-12-11-15(3)19(14-18)21(24)23-16(4)13-17-9-7-8-10-20(17)23/h7-12,14,16H,5-6,13H2,1-4H3. The third-order valence-corrected chi connectivity index (χ3v) is 7.25. The molecule has 0 saturated heterocycles. The quantitative estimate of drug-likeness (QED) is 0.789. The van der Waals surface area contributed by atoms with Crippen molar-refractivity contribution in [3.05, 3.63) is 59.2 Å². The maximum atomic E-state index is 13.3. The van der Waals surface area contributed by atoms with Gasteiger partial charge < -0.3 is 4.90 Å². The fourth-order valence-electron chi connectivity index (χ4n) is 3.71. The van der Waals surface area contributed by atoms with Crippen molar-refractivity contribution in [3.8, 4) is 0 Å². The number of amides is 1. The van der Waals surface area contributed by atoms with Crippen LogP contribution in [0.25, 0.3) is 0 Å². The van der Waals surface area contributed by atoms with Crippen molar-refractivity contribution >= 4 is 21.6 Å². The summed E-state index contributed by atoms with van der Waals surface area (Å²) < 4.78 is 27.1. The van der Waals surface area contributed by atoms with Gasteiger partial charge in [-0.1, -0.05) is 38.1 Å². The Kier molecular flexibility index (Phi) is 5.40. The smallest absolute Gasteiger partial charge is 0.258 e. The lowest BCUT2D eigenvalue weighted by Gasteiger charge is -2.24. The first-order valence-electron chi connectivity index (χ1n) is 9.33. The molecule has 1 heterocycles. The lowest BCUT2D eigenvalue weighted by molar-refractivity contribution is 0.0980. The van der Waals surface area contributed by atoms with Gasteiger partial charge in [0, 0.05) is 30.4 Å². The molecule has 5 nitrogen and oxygen atoms in total. The van der Waals surface area contributed by atoms with E-state index >= 15 is 0 Å². The van der Waals surface area contributed by atoms with Gasteiger partial charge in [0.2, 0.25) is 10.0 Å². The monoisotopic (exact) mass is 386 g/mol. The van der Waals surface area contributed by atoms with Crippen LogP contribution in [0, 0.1) is 6.92 Å². The summed E-state index contributed by atoms with van der Waals surface area (Å²) in [4.78, 5) is 15.3. The molecule has 0 fully saturated rings. The van der Waals surface area contributed by atoms with Crippen molar-refractivity contribution < 1.29 is 13.2 Å². The van der Waals surface area contributed by atoms with E-state index in [0.29, 0.717) is 18.7 Å². The van der Waals surface area contributed by atoms with Crippen molar-refractivity contribution in [2.45, 2.75) is 45.1 Å². The molecular weight excluding hydrogens is 360 g/mol. The number of nitrogens with zero attached hydrogens (tertiary/aromatic N) is 2.